The second-order valence-electron chi connectivity index (χ2n) is 7.67. The molecule has 0 saturated heterocycles. The molecule has 27 heavy (non-hydrogen) atoms. The SMILES string of the molecule is Cn1nc(-c2ccc(C(C)(C)C)cc2)cc1C(=O)NCc1ccc(F)cc1. The van der Waals surface area contributed by atoms with Gasteiger partial charge in [0.05, 0.1) is 5.69 Å². The Kier molecular flexibility index (Phi) is 5.13. The van der Waals surface area contributed by atoms with E-state index in [4.69, 9.17) is 0 Å². The molecule has 0 radical (unpaired) electrons. The van der Waals surface area contributed by atoms with E-state index < -0.39 is 0 Å². The molecule has 4 nitrogen and oxygen atoms in total. The Hall–Kier alpha value is -2.95. The van der Waals surface area contributed by atoms with Gasteiger partial charge in [0.1, 0.15) is 11.5 Å². The van der Waals surface area contributed by atoms with Crippen LogP contribution in [0.4, 0.5) is 4.39 Å². The molecule has 140 valence electrons. The van der Waals surface area contributed by atoms with Crippen LogP contribution in [0.5, 0.6) is 0 Å². The average Bonchev–Trinajstić information content (AvgIpc) is 3.02. The summed E-state index contributed by atoms with van der Waals surface area (Å²) < 4.78 is 14.5. The Morgan fingerprint density at radius 3 is 2.30 bits per heavy atom. The lowest BCUT2D eigenvalue weighted by Crippen LogP contribution is -2.25. The molecule has 0 unspecified atom stereocenters. The van der Waals surface area contributed by atoms with Gasteiger partial charge in [0.2, 0.25) is 0 Å². The summed E-state index contributed by atoms with van der Waals surface area (Å²) in [5.41, 5.74) is 4.38. The zero-order chi connectivity index (χ0) is 19.6. The van der Waals surface area contributed by atoms with Crippen LogP contribution in [0.1, 0.15) is 42.4 Å². The summed E-state index contributed by atoms with van der Waals surface area (Å²) >= 11 is 0. The van der Waals surface area contributed by atoms with Crippen LogP contribution in [0.3, 0.4) is 0 Å². The smallest absolute Gasteiger partial charge is 0.269 e. The lowest BCUT2D eigenvalue weighted by Gasteiger charge is -2.18. The summed E-state index contributed by atoms with van der Waals surface area (Å²) in [6, 6.07) is 16.1. The fourth-order valence-corrected chi connectivity index (χ4v) is 2.84. The fourth-order valence-electron chi connectivity index (χ4n) is 2.84. The highest BCUT2D eigenvalue weighted by atomic mass is 19.1. The molecule has 0 aliphatic heterocycles. The first kappa shape index (κ1) is 18.8. The van der Waals surface area contributed by atoms with Crippen LogP contribution in [0.2, 0.25) is 0 Å². The molecule has 3 aromatic rings. The fraction of sp³-hybridized carbons (Fsp3) is 0.273. The highest BCUT2D eigenvalue weighted by molar-refractivity contribution is 5.93. The van der Waals surface area contributed by atoms with Gasteiger partial charge < -0.3 is 5.32 Å². The number of carbonyl (C=O) groups is 1. The summed E-state index contributed by atoms with van der Waals surface area (Å²) in [5.74, 6) is -0.509. The van der Waals surface area contributed by atoms with E-state index in [0.29, 0.717) is 12.2 Å². The van der Waals surface area contributed by atoms with Crippen molar-refractivity contribution in [1.82, 2.24) is 15.1 Å². The van der Waals surface area contributed by atoms with E-state index in [1.54, 1.807) is 29.9 Å². The molecule has 1 N–H and O–H groups in total. The van der Waals surface area contributed by atoms with Crippen molar-refractivity contribution in [1.29, 1.82) is 0 Å². The molecular weight excluding hydrogens is 341 g/mol. The number of aryl methyl sites for hydroxylation is 1. The Morgan fingerprint density at radius 2 is 1.70 bits per heavy atom. The minimum absolute atomic E-state index is 0.0913. The minimum Gasteiger partial charge on any atom is -0.347 e. The average molecular weight is 365 g/mol. The first-order valence-corrected chi connectivity index (χ1v) is 8.91. The predicted molar refractivity (Wildman–Crippen MR) is 105 cm³/mol. The van der Waals surface area contributed by atoms with E-state index in [1.807, 2.05) is 12.1 Å². The number of benzene rings is 2. The monoisotopic (exact) mass is 365 g/mol. The molecule has 0 aliphatic carbocycles. The van der Waals surface area contributed by atoms with Crippen molar-refractivity contribution in [2.75, 3.05) is 0 Å². The van der Waals surface area contributed by atoms with Gasteiger partial charge in [0, 0.05) is 19.2 Å². The highest BCUT2D eigenvalue weighted by Gasteiger charge is 2.16. The van der Waals surface area contributed by atoms with Crippen molar-refractivity contribution in [3.63, 3.8) is 0 Å². The van der Waals surface area contributed by atoms with Crippen LogP contribution in [0.15, 0.2) is 54.6 Å². The zero-order valence-corrected chi connectivity index (χ0v) is 16.1. The molecule has 0 spiro atoms. The molecule has 5 heteroatoms. The summed E-state index contributed by atoms with van der Waals surface area (Å²) in [6.45, 7) is 6.85. The Labute approximate surface area is 159 Å². The van der Waals surface area contributed by atoms with Crippen molar-refractivity contribution in [3.8, 4) is 11.3 Å². The second-order valence-corrected chi connectivity index (χ2v) is 7.67. The van der Waals surface area contributed by atoms with Gasteiger partial charge in [-0.25, -0.2) is 4.39 Å². The summed E-state index contributed by atoms with van der Waals surface area (Å²) in [4.78, 5) is 12.5. The number of nitrogens with zero attached hydrogens (tertiary/aromatic N) is 2. The first-order chi connectivity index (χ1) is 12.7. The molecule has 0 aliphatic rings. The molecule has 1 amide bonds. The molecular formula is C22H24FN3O. The van der Waals surface area contributed by atoms with Crippen LogP contribution < -0.4 is 5.32 Å². The molecule has 2 aromatic carbocycles. The van der Waals surface area contributed by atoms with Crippen molar-refractivity contribution >= 4 is 5.91 Å². The van der Waals surface area contributed by atoms with Gasteiger partial charge in [0.25, 0.3) is 5.91 Å². The summed E-state index contributed by atoms with van der Waals surface area (Å²) in [7, 11) is 1.75. The number of hydrogen-bond donors (Lipinski definition) is 1. The number of halogens is 1. The summed E-state index contributed by atoms with van der Waals surface area (Å²) in [5, 5.41) is 7.31. The minimum atomic E-state index is -0.293. The predicted octanol–water partition coefficient (Wildman–Crippen LogP) is 4.45. The van der Waals surface area contributed by atoms with E-state index >= 15 is 0 Å². The molecule has 1 heterocycles. The van der Waals surface area contributed by atoms with Crippen molar-refractivity contribution in [2.24, 2.45) is 7.05 Å². The number of nitrogens with one attached hydrogen (secondary N) is 1. The molecule has 3 rings (SSSR count). The van der Waals surface area contributed by atoms with Gasteiger partial charge in [-0.2, -0.15) is 5.10 Å². The Balaban J connectivity index is 1.73. The second kappa shape index (κ2) is 7.35. The number of aromatic nitrogens is 2. The van der Waals surface area contributed by atoms with Gasteiger partial charge >= 0.3 is 0 Å². The maximum Gasteiger partial charge on any atom is 0.269 e. The third kappa shape index (κ3) is 4.42. The standard InChI is InChI=1S/C22H24FN3O/c1-22(2,3)17-9-7-16(8-10-17)19-13-20(26(4)25-19)21(27)24-14-15-5-11-18(23)12-6-15/h5-13H,14H2,1-4H3,(H,24,27). The van der Waals surface area contributed by atoms with Crippen LogP contribution in [0, 0.1) is 5.82 Å². The third-order valence-electron chi connectivity index (χ3n) is 4.53. The quantitative estimate of drug-likeness (QED) is 0.742. The van der Waals surface area contributed by atoms with E-state index in [-0.39, 0.29) is 17.1 Å². The third-order valence-corrected chi connectivity index (χ3v) is 4.53. The number of hydrogen-bond acceptors (Lipinski definition) is 2. The van der Waals surface area contributed by atoms with E-state index in [0.717, 1.165) is 16.8 Å². The molecule has 0 atom stereocenters. The molecule has 1 aromatic heterocycles. The van der Waals surface area contributed by atoms with E-state index in [9.17, 15) is 9.18 Å². The summed E-state index contributed by atoms with van der Waals surface area (Å²) in [6.07, 6.45) is 0. The number of rotatable bonds is 4. The van der Waals surface area contributed by atoms with Gasteiger partial charge in [0.15, 0.2) is 0 Å². The van der Waals surface area contributed by atoms with Crippen molar-refractivity contribution < 1.29 is 9.18 Å². The number of carbonyl (C=O) groups excluding carboxylic acids is 1. The van der Waals surface area contributed by atoms with Crippen LogP contribution in [-0.4, -0.2) is 15.7 Å². The van der Waals surface area contributed by atoms with Gasteiger partial charge in [-0.1, -0.05) is 57.2 Å². The lowest BCUT2D eigenvalue weighted by atomic mass is 9.86. The molecule has 0 fully saturated rings. The Morgan fingerprint density at radius 1 is 1.07 bits per heavy atom. The maximum absolute atomic E-state index is 13.0. The topological polar surface area (TPSA) is 46.9 Å². The van der Waals surface area contributed by atoms with Gasteiger partial charge in [-0.15, -0.1) is 0 Å². The maximum atomic E-state index is 13.0. The normalized spacial score (nSPS) is 11.4. The largest absolute Gasteiger partial charge is 0.347 e. The van der Waals surface area contributed by atoms with Crippen molar-refractivity contribution in [2.45, 2.75) is 32.7 Å². The van der Waals surface area contributed by atoms with Crippen LogP contribution in [-0.2, 0) is 19.0 Å². The van der Waals surface area contributed by atoms with Gasteiger partial charge in [-0.05, 0) is 34.7 Å². The van der Waals surface area contributed by atoms with Crippen molar-refractivity contribution in [3.05, 3.63) is 77.2 Å². The lowest BCUT2D eigenvalue weighted by molar-refractivity contribution is 0.0941. The molecule has 0 saturated carbocycles. The highest BCUT2D eigenvalue weighted by Crippen LogP contribution is 2.26. The van der Waals surface area contributed by atoms with Crippen LogP contribution in [0.25, 0.3) is 11.3 Å². The van der Waals surface area contributed by atoms with E-state index in [2.05, 4.69) is 43.3 Å². The van der Waals surface area contributed by atoms with E-state index in [1.165, 1.54) is 17.7 Å². The van der Waals surface area contributed by atoms with Gasteiger partial charge in [-0.3, -0.25) is 9.48 Å². The Bertz CT molecular complexity index is 935. The number of amides is 1. The zero-order valence-electron chi connectivity index (χ0n) is 16.1. The first-order valence-electron chi connectivity index (χ1n) is 8.91. The van der Waals surface area contributed by atoms with Crippen LogP contribution >= 0.6 is 0 Å². The molecule has 0 bridgehead atoms.